The summed E-state index contributed by atoms with van der Waals surface area (Å²) in [5.74, 6) is -3.61. The summed E-state index contributed by atoms with van der Waals surface area (Å²) in [6.07, 6.45) is 1.47. The molecule has 0 saturated heterocycles. The molecule has 0 bridgehead atoms. The summed E-state index contributed by atoms with van der Waals surface area (Å²) in [6.45, 7) is 17.2. The van der Waals surface area contributed by atoms with Crippen LogP contribution in [0.3, 0.4) is 0 Å². The minimum absolute atomic E-state index is 0.0137. The molecular weight excluding hydrogens is 420 g/mol. The predicted molar refractivity (Wildman–Crippen MR) is 129 cm³/mol. The van der Waals surface area contributed by atoms with Crippen molar-refractivity contribution in [2.75, 3.05) is 0 Å². The molecule has 0 heterocycles. The first kappa shape index (κ1) is 29.1. The van der Waals surface area contributed by atoms with E-state index in [2.05, 4.69) is 0 Å². The van der Waals surface area contributed by atoms with Crippen LogP contribution in [0.4, 0.5) is 0 Å². The quantitative estimate of drug-likeness (QED) is 0.291. The molecule has 6 nitrogen and oxygen atoms in total. The molecule has 0 fully saturated rings. The van der Waals surface area contributed by atoms with Crippen molar-refractivity contribution in [3.05, 3.63) is 11.3 Å². The standard InChI is InChI=1S/C27H44O6/c1-16(2)10-12-19-24(31)23(20(28)14-18(5)6)25(32)27(19,21(29)13-11-17(3)4)33-22(30)15-26(7,8)9/h16-19,32H,10-15H2,1-9H3/t19-,27+/m0/s1. The van der Waals surface area contributed by atoms with E-state index in [9.17, 15) is 24.3 Å². The number of carbonyl (C=O) groups excluding carboxylic acids is 4. The first-order valence-electron chi connectivity index (χ1n) is 12.3. The van der Waals surface area contributed by atoms with Crippen LogP contribution in [0.2, 0.25) is 0 Å². The highest BCUT2D eigenvalue weighted by Crippen LogP contribution is 2.46. The maximum absolute atomic E-state index is 13.6. The fourth-order valence-corrected chi connectivity index (χ4v) is 4.16. The number of Topliss-reactive ketones (excluding diaryl/α,β-unsaturated/α-hetero) is 3. The van der Waals surface area contributed by atoms with Crippen molar-refractivity contribution in [3.8, 4) is 0 Å². The fourth-order valence-electron chi connectivity index (χ4n) is 4.16. The van der Waals surface area contributed by atoms with Crippen LogP contribution in [0, 0.1) is 29.1 Å². The number of allylic oxidation sites excluding steroid dienone is 1. The first-order chi connectivity index (χ1) is 15.0. The molecule has 1 N–H and O–H groups in total. The molecule has 0 radical (unpaired) electrons. The van der Waals surface area contributed by atoms with E-state index >= 15 is 0 Å². The predicted octanol–water partition coefficient (Wildman–Crippen LogP) is 5.77. The van der Waals surface area contributed by atoms with Gasteiger partial charge in [-0.3, -0.25) is 19.2 Å². The lowest BCUT2D eigenvalue weighted by Gasteiger charge is -2.34. The Morgan fingerprint density at radius 3 is 1.97 bits per heavy atom. The number of aliphatic hydroxyl groups excluding tert-OH is 1. The molecule has 33 heavy (non-hydrogen) atoms. The molecule has 0 aromatic carbocycles. The molecule has 6 heteroatoms. The van der Waals surface area contributed by atoms with Gasteiger partial charge < -0.3 is 9.84 Å². The summed E-state index contributed by atoms with van der Waals surface area (Å²) in [5, 5.41) is 11.3. The van der Waals surface area contributed by atoms with Gasteiger partial charge in [0.1, 0.15) is 5.57 Å². The highest BCUT2D eigenvalue weighted by Gasteiger charge is 2.62. The van der Waals surface area contributed by atoms with Gasteiger partial charge in [-0.1, -0.05) is 68.7 Å². The van der Waals surface area contributed by atoms with Crippen molar-refractivity contribution in [2.24, 2.45) is 29.1 Å². The van der Waals surface area contributed by atoms with E-state index in [0.29, 0.717) is 12.8 Å². The lowest BCUT2D eigenvalue weighted by molar-refractivity contribution is -0.174. The van der Waals surface area contributed by atoms with Crippen molar-refractivity contribution < 1.29 is 29.0 Å². The lowest BCUT2D eigenvalue weighted by atomic mass is 9.78. The average molecular weight is 465 g/mol. The van der Waals surface area contributed by atoms with Gasteiger partial charge in [-0.15, -0.1) is 0 Å². The van der Waals surface area contributed by atoms with Gasteiger partial charge in [0, 0.05) is 12.8 Å². The van der Waals surface area contributed by atoms with Gasteiger partial charge in [0.15, 0.2) is 23.1 Å². The molecule has 0 amide bonds. The van der Waals surface area contributed by atoms with Gasteiger partial charge in [0.05, 0.1) is 12.3 Å². The zero-order valence-electron chi connectivity index (χ0n) is 22.0. The van der Waals surface area contributed by atoms with E-state index < -0.39 is 46.0 Å². The van der Waals surface area contributed by atoms with Crippen molar-refractivity contribution >= 4 is 23.3 Å². The second-order valence-electron chi connectivity index (χ2n) is 11.9. The van der Waals surface area contributed by atoms with Crippen LogP contribution in [-0.4, -0.2) is 34.0 Å². The Bertz CT molecular complexity index is 781. The molecule has 0 aliphatic heterocycles. The SMILES string of the molecule is CC(C)CCC(=O)[C@@]1(OC(=O)CC(C)(C)C)C(O)=C(C(=O)CC(C)C)C(=O)[C@@H]1CCC(C)C. The Hall–Kier alpha value is -1.98. The van der Waals surface area contributed by atoms with Crippen molar-refractivity contribution in [1.29, 1.82) is 0 Å². The smallest absolute Gasteiger partial charge is 0.307 e. The Balaban J connectivity index is 3.65. The van der Waals surface area contributed by atoms with E-state index in [1.807, 2.05) is 62.3 Å². The van der Waals surface area contributed by atoms with E-state index in [-0.39, 0.29) is 49.0 Å². The van der Waals surface area contributed by atoms with Crippen molar-refractivity contribution in [2.45, 2.75) is 106 Å². The van der Waals surface area contributed by atoms with Crippen LogP contribution in [0.25, 0.3) is 0 Å². The summed E-state index contributed by atoms with van der Waals surface area (Å²) < 4.78 is 5.81. The largest absolute Gasteiger partial charge is 0.507 e. The first-order valence-corrected chi connectivity index (χ1v) is 12.3. The van der Waals surface area contributed by atoms with Gasteiger partial charge in [-0.05, 0) is 36.0 Å². The molecule has 2 atom stereocenters. The highest BCUT2D eigenvalue weighted by molar-refractivity contribution is 6.26. The van der Waals surface area contributed by atoms with Crippen LogP contribution >= 0.6 is 0 Å². The number of ether oxygens (including phenoxy) is 1. The third-order valence-electron chi connectivity index (χ3n) is 5.86. The van der Waals surface area contributed by atoms with E-state index in [4.69, 9.17) is 4.74 Å². The van der Waals surface area contributed by atoms with Crippen molar-refractivity contribution in [1.82, 2.24) is 0 Å². The number of hydrogen-bond donors (Lipinski definition) is 1. The summed E-state index contributed by atoms with van der Waals surface area (Å²) >= 11 is 0. The van der Waals surface area contributed by atoms with E-state index in [0.717, 1.165) is 0 Å². The number of aliphatic hydroxyl groups is 1. The number of carbonyl (C=O) groups is 4. The maximum Gasteiger partial charge on any atom is 0.307 e. The van der Waals surface area contributed by atoms with Gasteiger partial charge in [0.25, 0.3) is 0 Å². The molecule has 0 aromatic heterocycles. The Labute approximate surface area is 199 Å². The van der Waals surface area contributed by atoms with Gasteiger partial charge in [-0.2, -0.15) is 0 Å². The van der Waals surface area contributed by atoms with Crippen LogP contribution in [-0.2, 0) is 23.9 Å². The zero-order chi connectivity index (χ0) is 25.7. The monoisotopic (exact) mass is 464 g/mol. The van der Waals surface area contributed by atoms with Gasteiger partial charge >= 0.3 is 5.97 Å². The number of rotatable bonds is 12. The summed E-state index contributed by atoms with van der Waals surface area (Å²) in [6, 6.07) is 0. The number of esters is 1. The second kappa shape index (κ2) is 11.4. The van der Waals surface area contributed by atoms with Crippen LogP contribution in [0.15, 0.2) is 11.3 Å². The van der Waals surface area contributed by atoms with E-state index in [1.54, 1.807) is 0 Å². The maximum atomic E-state index is 13.6. The normalized spacial score (nSPS) is 21.5. The summed E-state index contributed by atoms with van der Waals surface area (Å²) in [5.41, 5.74) is -2.89. The fraction of sp³-hybridized carbons (Fsp3) is 0.778. The molecule has 1 aliphatic rings. The molecule has 0 aromatic rings. The van der Waals surface area contributed by atoms with Crippen molar-refractivity contribution in [3.63, 3.8) is 0 Å². The topological polar surface area (TPSA) is 97.7 Å². The molecular formula is C27H44O6. The molecule has 1 aliphatic carbocycles. The van der Waals surface area contributed by atoms with Crippen LogP contribution < -0.4 is 0 Å². The number of hydrogen-bond acceptors (Lipinski definition) is 6. The molecule has 0 spiro atoms. The third kappa shape index (κ3) is 7.51. The zero-order valence-corrected chi connectivity index (χ0v) is 22.0. The van der Waals surface area contributed by atoms with Gasteiger partial charge in [-0.25, -0.2) is 0 Å². The summed E-state index contributed by atoms with van der Waals surface area (Å²) in [7, 11) is 0. The Morgan fingerprint density at radius 1 is 0.970 bits per heavy atom. The van der Waals surface area contributed by atoms with Crippen LogP contribution in [0.5, 0.6) is 0 Å². The van der Waals surface area contributed by atoms with Gasteiger partial charge in [0.2, 0.25) is 5.60 Å². The summed E-state index contributed by atoms with van der Waals surface area (Å²) in [4.78, 5) is 53.0. The average Bonchev–Trinajstić information content (AvgIpc) is 2.82. The minimum atomic E-state index is -2.12. The molecule has 1 rings (SSSR count). The minimum Gasteiger partial charge on any atom is -0.507 e. The Kier molecular flexibility index (Phi) is 10.1. The highest BCUT2D eigenvalue weighted by atomic mass is 16.6. The Morgan fingerprint density at radius 2 is 1.52 bits per heavy atom. The molecule has 0 saturated carbocycles. The van der Waals surface area contributed by atoms with Crippen LogP contribution in [0.1, 0.15) is 101 Å². The second-order valence-corrected chi connectivity index (χ2v) is 11.9. The van der Waals surface area contributed by atoms with E-state index in [1.165, 1.54) is 0 Å². The molecule has 0 unspecified atom stereocenters. The lowest BCUT2D eigenvalue weighted by Crippen LogP contribution is -2.51. The molecule has 188 valence electrons. The third-order valence-corrected chi connectivity index (χ3v) is 5.86. The number of ketones is 3.